The van der Waals surface area contributed by atoms with E-state index in [1.165, 1.54) is 17.9 Å². The Labute approximate surface area is 140 Å². The Morgan fingerprint density at radius 3 is 2.76 bits per heavy atom. The monoisotopic (exact) mass is 351 g/mol. The fourth-order valence-electron chi connectivity index (χ4n) is 2.80. The molecule has 0 radical (unpaired) electrons. The number of hydrogen-bond acceptors (Lipinski definition) is 8. The van der Waals surface area contributed by atoms with E-state index >= 15 is 0 Å². The molecule has 0 unspecified atom stereocenters. The minimum absolute atomic E-state index is 0.0452. The maximum Gasteiger partial charge on any atom is 0.330 e. The average Bonchev–Trinajstić information content (AvgIpc) is 2.94. The maximum atomic E-state index is 11.9. The van der Waals surface area contributed by atoms with Gasteiger partial charge in [-0.3, -0.25) is 23.9 Å². The van der Waals surface area contributed by atoms with Crippen molar-refractivity contribution in [1.82, 2.24) is 9.55 Å². The van der Waals surface area contributed by atoms with Crippen molar-refractivity contribution in [2.24, 2.45) is 0 Å². The van der Waals surface area contributed by atoms with Gasteiger partial charge in [0.25, 0.3) is 16.4 Å². The second kappa shape index (κ2) is 6.30. The van der Waals surface area contributed by atoms with Crippen LogP contribution in [0, 0.1) is 6.92 Å². The molecule has 0 amide bonds. The van der Waals surface area contributed by atoms with Crippen LogP contribution < -0.4 is 32.2 Å². The highest BCUT2D eigenvalue weighted by Crippen LogP contribution is 2.28. The fourth-order valence-corrected chi connectivity index (χ4v) is 2.80. The van der Waals surface area contributed by atoms with Crippen molar-refractivity contribution in [2.45, 2.75) is 31.8 Å². The summed E-state index contributed by atoms with van der Waals surface area (Å²) in [7, 11) is 1.28. The van der Waals surface area contributed by atoms with Crippen molar-refractivity contribution in [3.05, 3.63) is 53.0 Å². The van der Waals surface area contributed by atoms with Gasteiger partial charge in [-0.2, -0.15) is 0 Å². The van der Waals surface area contributed by atoms with Gasteiger partial charge in [-0.1, -0.05) is 0 Å². The van der Waals surface area contributed by atoms with E-state index in [1.54, 1.807) is 6.92 Å². The molecule has 10 heteroatoms. The van der Waals surface area contributed by atoms with Crippen LogP contribution >= 0.6 is 0 Å². The summed E-state index contributed by atoms with van der Waals surface area (Å²) in [5.74, 6) is -0.0542. The molecule has 2 heterocycles. The van der Waals surface area contributed by atoms with Crippen LogP contribution in [0.1, 0.15) is 18.2 Å². The van der Waals surface area contributed by atoms with E-state index in [1.807, 2.05) is 0 Å². The second-order valence-corrected chi connectivity index (χ2v) is 5.86. The summed E-state index contributed by atoms with van der Waals surface area (Å²) in [6.07, 6.45) is -0.846. The molecular weight excluding hydrogens is 334 g/mol. The van der Waals surface area contributed by atoms with Gasteiger partial charge in [0.2, 0.25) is 0 Å². The molecule has 0 aliphatic carbocycles. The van der Waals surface area contributed by atoms with Gasteiger partial charge in [0.05, 0.1) is 13.2 Å². The lowest BCUT2D eigenvalue weighted by atomic mass is 10.1. The van der Waals surface area contributed by atoms with E-state index in [0.29, 0.717) is 5.56 Å². The van der Waals surface area contributed by atoms with Gasteiger partial charge >= 0.3 is 5.69 Å². The molecular formula is C15H17N3O7. The Morgan fingerprint density at radius 1 is 1.36 bits per heavy atom. The van der Waals surface area contributed by atoms with Gasteiger partial charge in [-0.15, -0.1) is 0 Å². The second-order valence-electron chi connectivity index (χ2n) is 5.86. The highest BCUT2D eigenvalue weighted by molar-refractivity contribution is 5.61. The summed E-state index contributed by atoms with van der Waals surface area (Å²) in [5.41, 5.74) is -2.12. The van der Waals surface area contributed by atoms with Crippen LogP contribution in [0.25, 0.3) is 0 Å². The average molecular weight is 351 g/mol. The number of ether oxygens (including phenoxy) is 2. The minimum atomic E-state index is -0.894. The molecule has 3 N–H and O–H groups in total. The first kappa shape index (κ1) is 17.1. The first-order chi connectivity index (χ1) is 11.8. The molecule has 1 aliphatic heterocycles. The van der Waals surface area contributed by atoms with E-state index in [-0.39, 0.29) is 24.4 Å². The first-order valence-electron chi connectivity index (χ1n) is 7.60. The Bertz CT molecular complexity index is 982. The van der Waals surface area contributed by atoms with Gasteiger partial charge in [0.1, 0.15) is 18.0 Å². The Hall–Kier alpha value is -2.72. The summed E-state index contributed by atoms with van der Waals surface area (Å²) in [4.78, 5) is 48.3. The Balaban J connectivity index is 1.72. The molecule has 1 aromatic carbocycles. The molecule has 3 atom stereocenters. The number of nitrogens with zero attached hydrogens (tertiary/aromatic N) is 1. The fraction of sp³-hybridized carbons (Fsp3) is 0.467. The molecule has 2 aromatic rings. The van der Waals surface area contributed by atoms with Crippen molar-refractivity contribution in [1.29, 1.82) is 0 Å². The minimum Gasteiger partial charge on any atom is -0.491 e. The summed E-state index contributed by atoms with van der Waals surface area (Å²) < 4.78 is 11.7. The van der Waals surface area contributed by atoms with Gasteiger partial charge < -0.3 is 19.9 Å². The van der Waals surface area contributed by atoms with Gasteiger partial charge in [0.15, 0.2) is 5.75 Å². The van der Waals surface area contributed by atoms with Crippen LogP contribution in [0.2, 0.25) is 0 Å². The molecule has 1 fully saturated rings. The normalized spacial score (nSPS) is 23.1. The number of hydrogen-bond donors (Lipinski definition) is 3. The van der Waals surface area contributed by atoms with Crippen LogP contribution in [-0.2, 0) is 4.74 Å². The predicted molar refractivity (Wildman–Crippen MR) is 87.0 cm³/mol. The zero-order valence-corrected chi connectivity index (χ0v) is 13.6. The number of anilines is 1. The lowest BCUT2D eigenvalue weighted by molar-refractivity contribution is -0.0132. The largest absolute Gasteiger partial charge is 0.491 e. The summed E-state index contributed by atoms with van der Waals surface area (Å²) in [6, 6.07) is 0. The molecule has 1 aliphatic rings. The molecule has 3 rings (SSSR count). The molecule has 25 heavy (non-hydrogen) atoms. The van der Waals surface area contributed by atoms with Crippen molar-refractivity contribution in [3.63, 3.8) is 0 Å². The lowest BCUT2D eigenvalue weighted by Crippen LogP contribution is -2.38. The van der Waals surface area contributed by atoms with E-state index in [2.05, 4.69) is 10.3 Å². The number of rotatable bonds is 5. The number of nitrogens with one attached hydrogen (secondary N) is 2. The lowest BCUT2D eigenvalue weighted by Gasteiger charge is -2.18. The molecule has 10 nitrogen and oxygen atoms in total. The van der Waals surface area contributed by atoms with E-state index in [4.69, 9.17) is 9.47 Å². The predicted octanol–water partition coefficient (Wildman–Crippen LogP) is -1.79. The number of H-pyrrole nitrogens is 1. The standard InChI is InChI=1S/C15H17N3O7/c1-6-5-18(15(23)17-14(6)22)9-3-7(19)8(25-9)4-16-10-11(20)12(21)13(10)24-2/h5,7-9,16,19H,3-4H2,1-2H3,(H,17,22,23)/t7-,8+,9+/m0/s1. The third kappa shape index (κ3) is 2.89. The van der Waals surface area contributed by atoms with Crippen LogP contribution in [0.15, 0.2) is 25.4 Å². The molecule has 0 saturated carbocycles. The first-order valence-corrected chi connectivity index (χ1v) is 7.60. The zero-order chi connectivity index (χ0) is 18.3. The van der Waals surface area contributed by atoms with Crippen molar-refractivity contribution >= 4 is 5.69 Å². The molecule has 134 valence electrons. The van der Waals surface area contributed by atoms with Crippen molar-refractivity contribution in [2.75, 3.05) is 19.0 Å². The number of aliphatic hydroxyl groups is 1. The van der Waals surface area contributed by atoms with Crippen LogP contribution in [-0.4, -0.2) is 40.5 Å². The molecule has 0 spiro atoms. The highest BCUT2D eigenvalue weighted by Gasteiger charge is 2.36. The van der Waals surface area contributed by atoms with Gasteiger partial charge in [-0.05, 0) is 6.92 Å². The number of aryl methyl sites for hydroxylation is 1. The smallest absolute Gasteiger partial charge is 0.330 e. The van der Waals surface area contributed by atoms with Crippen LogP contribution in [0.3, 0.4) is 0 Å². The van der Waals surface area contributed by atoms with E-state index in [9.17, 15) is 24.3 Å². The Morgan fingerprint density at radius 2 is 2.08 bits per heavy atom. The molecule has 1 saturated heterocycles. The zero-order valence-electron chi connectivity index (χ0n) is 13.6. The maximum absolute atomic E-state index is 11.9. The summed E-state index contributed by atoms with van der Waals surface area (Å²) in [5, 5.41) is 12.9. The number of aromatic nitrogens is 2. The van der Waals surface area contributed by atoms with Crippen molar-refractivity contribution in [3.8, 4) is 5.75 Å². The third-order valence-corrected chi connectivity index (χ3v) is 4.21. The number of aliphatic hydroxyl groups excluding tert-OH is 1. The summed E-state index contributed by atoms with van der Waals surface area (Å²) >= 11 is 0. The highest BCUT2D eigenvalue weighted by atomic mass is 16.5. The molecule has 1 aromatic heterocycles. The quantitative estimate of drug-likeness (QED) is 0.537. The topological polar surface area (TPSA) is 140 Å². The number of aromatic amines is 1. The van der Waals surface area contributed by atoms with E-state index in [0.717, 1.165) is 0 Å². The Kier molecular flexibility index (Phi) is 4.31. The summed E-state index contributed by atoms with van der Waals surface area (Å²) in [6.45, 7) is 1.60. The van der Waals surface area contributed by atoms with Crippen LogP contribution in [0.4, 0.5) is 5.69 Å². The number of methoxy groups -OCH3 is 1. The van der Waals surface area contributed by atoms with E-state index < -0.39 is 40.5 Å². The molecule has 0 bridgehead atoms. The third-order valence-electron chi connectivity index (χ3n) is 4.21. The van der Waals surface area contributed by atoms with Crippen LogP contribution in [0.5, 0.6) is 5.75 Å². The van der Waals surface area contributed by atoms with Crippen molar-refractivity contribution < 1.29 is 14.6 Å². The van der Waals surface area contributed by atoms with Gasteiger partial charge in [-0.25, -0.2) is 4.79 Å². The van der Waals surface area contributed by atoms with Gasteiger partial charge in [0, 0.05) is 24.7 Å². The SMILES string of the molecule is COc1c(NC[C@H]2O[C@@H](n3cc(C)c(=O)[nH]c3=O)C[C@@H]2O)c(=O)c1=O.